The van der Waals surface area contributed by atoms with Gasteiger partial charge in [0.15, 0.2) is 0 Å². The molecule has 0 fully saturated rings. The molecule has 2 amide bonds. The van der Waals surface area contributed by atoms with Gasteiger partial charge in [-0.2, -0.15) is 13.2 Å². The third kappa shape index (κ3) is 9.73. The number of aliphatic hydroxyl groups excluding tert-OH is 1. The van der Waals surface area contributed by atoms with Crippen LogP contribution in [0.5, 0.6) is 0 Å². The topological polar surface area (TPSA) is 114 Å². The molecule has 0 aliphatic carbocycles. The minimum absolute atomic E-state index is 0.0248. The van der Waals surface area contributed by atoms with Gasteiger partial charge >= 0.3 is 6.18 Å². The smallest absolute Gasteiger partial charge is 0.389 e. The molecule has 0 bridgehead atoms. The summed E-state index contributed by atoms with van der Waals surface area (Å²) in [6.07, 6.45) is -4.40. The second-order valence-corrected chi connectivity index (χ2v) is 6.77. The van der Waals surface area contributed by atoms with E-state index in [-0.39, 0.29) is 31.9 Å². The largest absolute Gasteiger partial charge is 0.400 e. The highest BCUT2D eigenvalue weighted by Crippen LogP contribution is 2.21. The van der Waals surface area contributed by atoms with Gasteiger partial charge in [0.05, 0.1) is 18.8 Å². The molecular formula is C16H28F3N3O4. The average molecular weight is 383 g/mol. The summed E-state index contributed by atoms with van der Waals surface area (Å²) < 4.78 is 41.6. The minimum Gasteiger partial charge on any atom is -0.400 e. The Bertz CT molecular complexity index is 517. The van der Waals surface area contributed by atoms with Crippen molar-refractivity contribution >= 4 is 11.8 Å². The van der Waals surface area contributed by atoms with Crippen molar-refractivity contribution in [2.24, 2.45) is 5.73 Å². The highest BCUT2D eigenvalue weighted by molar-refractivity contribution is 6.04. The lowest BCUT2D eigenvalue weighted by atomic mass is 10.0. The zero-order valence-corrected chi connectivity index (χ0v) is 15.5. The van der Waals surface area contributed by atoms with Crippen LogP contribution in [0.1, 0.15) is 40.5 Å². The summed E-state index contributed by atoms with van der Waals surface area (Å²) in [5.74, 6) is -1.48. The fourth-order valence-electron chi connectivity index (χ4n) is 1.77. The van der Waals surface area contributed by atoms with Crippen LogP contribution in [0, 0.1) is 0 Å². The van der Waals surface area contributed by atoms with Gasteiger partial charge in [-0.3, -0.25) is 14.9 Å². The molecule has 10 heteroatoms. The van der Waals surface area contributed by atoms with Crippen molar-refractivity contribution in [1.29, 1.82) is 0 Å². The molecule has 26 heavy (non-hydrogen) atoms. The molecule has 5 N–H and O–H groups in total. The first-order valence-electron chi connectivity index (χ1n) is 8.11. The number of aliphatic hydroxyl groups is 1. The zero-order valence-electron chi connectivity index (χ0n) is 15.5. The van der Waals surface area contributed by atoms with Crippen molar-refractivity contribution in [3.63, 3.8) is 0 Å². The monoisotopic (exact) mass is 383 g/mol. The lowest BCUT2D eigenvalue weighted by molar-refractivity contribution is -0.135. The quantitative estimate of drug-likeness (QED) is 0.330. The van der Waals surface area contributed by atoms with Crippen LogP contribution >= 0.6 is 0 Å². The number of halogens is 3. The number of alkyl halides is 3. The molecule has 0 atom stereocenters. The number of ether oxygens (including phenoxy) is 1. The molecular weight excluding hydrogens is 355 g/mol. The van der Waals surface area contributed by atoms with Crippen LogP contribution in [0.4, 0.5) is 13.2 Å². The third-order valence-electron chi connectivity index (χ3n) is 3.54. The Balaban J connectivity index is 4.63. The first kappa shape index (κ1) is 24.4. The molecule has 0 heterocycles. The van der Waals surface area contributed by atoms with E-state index in [1.54, 1.807) is 13.8 Å². The zero-order chi connectivity index (χ0) is 20.6. The van der Waals surface area contributed by atoms with Crippen molar-refractivity contribution in [1.82, 2.24) is 10.6 Å². The molecule has 0 aliphatic rings. The number of nitrogens with one attached hydrogen (secondary N) is 2. The van der Waals surface area contributed by atoms with Crippen molar-refractivity contribution in [2.45, 2.75) is 57.9 Å². The Morgan fingerprint density at radius 3 is 2.27 bits per heavy atom. The Labute approximate surface area is 151 Å². The van der Waals surface area contributed by atoms with E-state index in [1.165, 1.54) is 13.8 Å². The number of rotatable bonds is 10. The molecule has 0 aromatic heterocycles. The first-order valence-corrected chi connectivity index (χ1v) is 8.11. The normalized spacial score (nSPS) is 13.6. The summed E-state index contributed by atoms with van der Waals surface area (Å²) in [5, 5.41) is 13.5. The van der Waals surface area contributed by atoms with E-state index in [9.17, 15) is 22.8 Å². The van der Waals surface area contributed by atoms with Gasteiger partial charge in [-0.25, -0.2) is 0 Å². The number of carbonyl (C=O) groups is 2. The molecule has 0 radical (unpaired) electrons. The van der Waals surface area contributed by atoms with Gasteiger partial charge in [-0.15, -0.1) is 0 Å². The summed E-state index contributed by atoms with van der Waals surface area (Å²) in [5.41, 5.74) is 3.56. The van der Waals surface area contributed by atoms with Gasteiger partial charge in [0, 0.05) is 18.2 Å². The summed E-state index contributed by atoms with van der Waals surface area (Å²) in [6.45, 7) is 5.86. The SMILES string of the molecule is CC(C)(NCCCC(F)(F)F)C(=O)NC(=O)C=C(N)C(C)(C)OCCO. The molecule has 0 rings (SSSR count). The Kier molecular flexibility index (Phi) is 9.26. The van der Waals surface area contributed by atoms with Crippen LogP contribution in [0.2, 0.25) is 0 Å². The van der Waals surface area contributed by atoms with Crippen LogP contribution < -0.4 is 16.4 Å². The molecule has 7 nitrogen and oxygen atoms in total. The van der Waals surface area contributed by atoms with Crippen molar-refractivity contribution in [2.75, 3.05) is 19.8 Å². The number of amides is 2. The second kappa shape index (κ2) is 9.89. The Morgan fingerprint density at radius 1 is 1.19 bits per heavy atom. The molecule has 0 aromatic rings. The van der Waals surface area contributed by atoms with E-state index in [4.69, 9.17) is 15.6 Å². The molecule has 0 saturated heterocycles. The lowest BCUT2D eigenvalue weighted by Crippen LogP contribution is -2.54. The number of carbonyl (C=O) groups excluding carboxylic acids is 2. The maximum atomic E-state index is 12.1. The van der Waals surface area contributed by atoms with Crippen LogP contribution in [0.3, 0.4) is 0 Å². The van der Waals surface area contributed by atoms with E-state index < -0.39 is 35.6 Å². The van der Waals surface area contributed by atoms with E-state index in [0.717, 1.165) is 6.08 Å². The van der Waals surface area contributed by atoms with Crippen molar-refractivity contribution in [3.05, 3.63) is 11.8 Å². The predicted octanol–water partition coefficient (Wildman–Crippen LogP) is 0.970. The predicted molar refractivity (Wildman–Crippen MR) is 89.9 cm³/mol. The van der Waals surface area contributed by atoms with Crippen LogP contribution in [0.15, 0.2) is 11.8 Å². The molecule has 0 saturated carbocycles. The van der Waals surface area contributed by atoms with Gasteiger partial charge in [0.1, 0.15) is 5.60 Å². The first-order chi connectivity index (χ1) is 11.7. The second-order valence-electron chi connectivity index (χ2n) is 6.77. The van der Waals surface area contributed by atoms with Crippen LogP contribution in [0.25, 0.3) is 0 Å². The summed E-state index contributed by atoms with van der Waals surface area (Å²) >= 11 is 0. The maximum Gasteiger partial charge on any atom is 0.389 e. The molecule has 0 spiro atoms. The average Bonchev–Trinajstić information content (AvgIpc) is 2.48. The Hall–Kier alpha value is -1.65. The standard InChI is InChI=1S/C16H28F3N3O4/c1-14(2,21-7-5-6-16(17,18)19)13(25)22-12(24)10-11(20)15(3,4)26-9-8-23/h10,21,23H,5-9,20H2,1-4H3,(H,22,24,25). The van der Waals surface area contributed by atoms with Gasteiger partial charge in [-0.1, -0.05) is 0 Å². The van der Waals surface area contributed by atoms with Gasteiger partial charge in [-0.05, 0) is 40.7 Å². The fraction of sp³-hybridized carbons (Fsp3) is 0.750. The minimum atomic E-state index is -4.25. The van der Waals surface area contributed by atoms with Crippen LogP contribution in [-0.2, 0) is 14.3 Å². The maximum absolute atomic E-state index is 12.1. The number of nitrogens with two attached hydrogens (primary N) is 1. The molecule has 152 valence electrons. The molecule has 0 unspecified atom stereocenters. The number of hydrogen-bond acceptors (Lipinski definition) is 6. The summed E-state index contributed by atoms with van der Waals surface area (Å²) in [4.78, 5) is 24.0. The lowest BCUT2D eigenvalue weighted by Gasteiger charge is -2.26. The Morgan fingerprint density at radius 2 is 1.77 bits per heavy atom. The van der Waals surface area contributed by atoms with E-state index in [0.29, 0.717) is 0 Å². The van der Waals surface area contributed by atoms with E-state index >= 15 is 0 Å². The van der Waals surface area contributed by atoms with E-state index in [2.05, 4.69) is 10.6 Å². The van der Waals surface area contributed by atoms with Crippen molar-refractivity contribution < 1.29 is 32.6 Å². The number of imide groups is 1. The molecule has 0 aliphatic heterocycles. The van der Waals surface area contributed by atoms with Gasteiger partial charge in [0.2, 0.25) is 5.91 Å². The summed E-state index contributed by atoms with van der Waals surface area (Å²) in [6, 6.07) is 0. The highest BCUT2D eigenvalue weighted by Gasteiger charge is 2.30. The third-order valence-corrected chi connectivity index (χ3v) is 3.54. The fourth-order valence-corrected chi connectivity index (χ4v) is 1.77. The van der Waals surface area contributed by atoms with Crippen molar-refractivity contribution in [3.8, 4) is 0 Å². The van der Waals surface area contributed by atoms with E-state index in [1.807, 2.05) is 0 Å². The van der Waals surface area contributed by atoms with Crippen LogP contribution in [-0.4, -0.2) is 54.0 Å². The summed E-state index contributed by atoms with van der Waals surface area (Å²) in [7, 11) is 0. The number of hydrogen-bond donors (Lipinski definition) is 4. The van der Waals surface area contributed by atoms with Gasteiger partial charge in [0.25, 0.3) is 5.91 Å². The highest BCUT2D eigenvalue weighted by atomic mass is 19.4. The van der Waals surface area contributed by atoms with Gasteiger partial charge < -0.3 is 20.9 Å². The molecule has 0 aromatic carbocycles.